The van der Waals surface area contributed by atoms with Crippen molar-refractivity contribution in [2.24, 2.45) is 5.10 Å². The first-order valence-corrected chi connectivity index (χ1v) is 7.46. The number of amides is 1. The lowest BCUT2D eigenvalue weighted by Crippen LogP contribution is -2.17. The first-order chi connectivity index (χ1) is 12.2. The summed E-state index contributed by atoms with van der Waals surface area (Å²) in [6.45, 7) is 0. The molecular weight excluding hydrogens is 320 g/mol. The molecular formula is C19H14N2O4. The molecule has 0 saturated heterocycles. The van der Waals surface area contributed by atoms with Gasteiger partial charge in [0.15, 0.2) is 0 Å². The van der Waals surface area contributed by atoms with Gasteiger partial charge in [0, 0.05) is 5.56 Å². The van der Waals surface area contributed by atoms with Crippen LogP contribution in [0.4, 0.5) is 0 Å². The largest absolute Gasteiger partial charge is 0.457 e. The Morgan fingerprint density at radius 3 is 2.40 bits per heavy atom. The van der Waals surface area contributed by atoms with E-state index < -0.39 is 5.97 Å². The van der Waals surface area contributed by atoms with Crippen LogP contribution in [0.1, 0.15) is 26.5 Å². The molecule has 124 valence electrons. The average molecular weight is 334 g/mol. The van der Waals surface area contributed by atoms with E-state index in [0.29, 0.717) is 11.3 Å². The highest BCUT2D eigenvalue weighted by atomic mass is 16.5. The monoisotopic (exact) mass is 334 g/mol. The first kappa shape index (κ1) is 16.2. The van der Waals surface area contributed by atoms with Crippen LogP contribution < -0.4 is 10.2 Å². The standard InChI is InChI=1S/C19H14N2O4/c22-18(15-5-2-1-3-6-15)21-20-13-14-8-10-16(11-9-14)25-19(23)17-7-4-12-24-17/h1-13H,(H,21,22). The van der Waals surface area contributed by atoms with Crippen LogP contribution in [0.2, 0.25) is 0 Å². The van der Waals surface area contributed by atoms with Crippen molar-refractivity contribution in [3.05, 3.63) is 89.9 Å². The summed E-state index contributed by atoms with van der Waals surface area (Å²) < 4.78 is 10.1. The molecule has 2 aromatic carbocycles. The van der Waals surface area contributed by atoms with Crippen LogP contribution in [0.5, 0.6) is 5.75 Å². The van der Waals surface area contributed by atoms with Crippen molar-refractivity contribution in [1.29, 1.82) is 0 Å². The van der Waals surface area contributed by atoms with Crippen molar-refractivity contribution in [2.45, 2.75) is 0 Å². The van der Waals surface area contributed by atoms with Crippen LogP contribution in [0, 0.1) is 0 Å². The molecule has 6 heteroatoms. The molecule has 0 atom stereocenters. The van der Waals surface area contributed by atoms with Gasteiger partial charge in [-0.1, -0.05) is 18.2 Å². The molecule has 0 unspecified atom stereocenters. The maximum Gasteiger partial charge on any atom is 0.379 e. The van der Waals surface area contributed by atoms with Gasteiger partial charge in [-0.2, -0.15) is 5.10 Å². The van der Waals surface area contributed by atoms with Gasteiger partial charge in [-0.25, -0.2) is 10.2 Å². The topological polar surface area (TPSA) is 80.9 Å². The molecule has 6 nitrogen and oxygen atoms in total. The van der Waals surface area contributed by atoms with Gasteiger partial charge in [-0.15, -0.1) is 0 Å². The van der Waals surface area contributed by atoms with Gasteiger partial charge in [0.1, 0.15) is 5.75 Å². The molecule has 3 aromatic rings. The average Bonchev–Trinajstić information content (AvgIpc) is 3.19. The third kappa shape index (κ3) is 4.42. The third-order valence-electron chi connectivity index (χ3n) is 3.23. The second-order valence-electron chi connectivity index (χ2n) is 5.00. The Bertz CT molecular complexity index is 870. The van der Waals surface area contributed by atoms with E-state index in [1.54, 1.807) is 54.6 Å². The van der Waals surface area contributed by atoms with Gasteiger partial charge in [0.25, 0.3) is 5.91 Å². The summed E-state index contributed by atoms with van der Waals surface area (Å²) >= 11 is 0. The molecule has 1 amide bonds. The highest BCUT2D eigenvalue weighted by Crippen LogP contribution is 2.13. The number of hydrogen-bond donors (Lipinski definition) is 1. The van der Waals surface area contributed by atoms with E-state index >= 15 is 0 Å². The zero-order chi connectivity index (χ0) is 17.5. The van der Waals surface area contributed by atoms with Crippen molar-refractivity contribution >= 4 is 18.1 Å². The van der Waals surface area contributed by atoms with Crippen molar-refractivity contribution in [2.75, 3.05) is 0 Å². The van der Waals surface area contributed by atoms with Crippen LogP contribution in [-0.4, -0.2) is 18.1 Å². The predicted molar refractivity (Wildman–Crippen MR) is 91.6 cm³/mol. The zero-order valence-electron chi connectivity index (χ0n) is 13.1. The van der Waals surface area contributed by atoms with E-state index in [2.05, 4.69) is 10.5 Å². The maximum atomic E-state index is 11.8. The number of nitrogens with zero attached hydrogens (tertiary/aromatic N) is 1. The van der Waals surface area contributed by atoms with Crippen molar-refractivity contribution < 1.29 is 18.7 Å². The number of furan rings is 1. The van der Waals surface area contributed by atoms with Gasteiger partial charge < -0.3 is 9.15 Å². The minimum atomic E-state index is -0.568. The van der Waals surface area contributed by atoms with Crippen LogP contribution in [0.25, 0.3) is 0 Å². The Balaban J connectivity index is 1.55. The fourth-order valence-electron chi connectivity index (χ4n) is 1.99. The van der Waals surface area contributed by atoms with Crippen molar-refractivity contribution in [3.8, 4) is 5.75 Å². The molecule has 0 bridgehead atoms. The van der Waals surface area contributed by atoms with Gasteiger partial charge in [0.05, 0.1) is 12.5 Å². The minimum Gasteiger partial charge on any atom is -0.457 e. The Labute approximate surface area is 143 Å². The number of rotatable bonds is 5. The molecule has 0 aliphatic heterocycles. The second kappa shape index (κ2) is 7.74. The minimum absolute atomic E-state index is 0.134. The van der Waals surface area contributed by atoms with Gasteiger partial charge in [-0.05, 0) is 54.1 Å². The molecule has 0 aliphatic carbocycles. The Morgan fingerprint density at radius 2 is 1.72 bits per heavy atom. The van der Waals surface area contributed by atoms with Gasteiger partial charge in [0.2, 0.25) is 5.76 Å². The Hall–Kier alpha value is -3.67. The molecule has 1 N–H and O–H groups in total. The summed E-state index contributed by atoms with van der Waals surface area (Å²) in [6.07, 6.45) is 2.90. The van der Waals surface area contributed by atoms with Crippen LogP contribution in [-0.2, 0) is 0 Å². The predicted octanol–water partition coefficient (Wildman–Crippen LogP) is 3.26. The number of nitrogens with one attached hydrogen (secondary N) is 1. The normalized spacial score (nSPS) is 10.6. The molecule has 1 aromatic heterocycles. The van der Waals surface area contributed by atoms with Crippen LogP contribution >= 0.6 is 0 Å². The summed E-state index contributed by atoms with van der Waals surface area (Å²) in [5, 5.41) is 3.90. The number of hydrazone groups is 1. The number of ether oxygens (including phenoxy) is 1. The van der Waals surface area contributed by atoms with E-state index in [-0.39, 0.29) is 11.7 Å². The van der Waals surface area contributed by atoms with E-state index in [1.807, 2.05) is 6.07 Å². The first-order valence-electron chi connectivity index (χ1n) is 7.46. The van der Waals surface area contributed by atoms with Crippen LogP contribution in [0.3, 0.4) is 0 Å². The highest BCUT2D eigenvalue weighted by Gasteiger charge is 2.10. The smallest absolute Gasteiger partial charge is 0.379 e. The molecule has 0 aliphatic rings. The van der Waals surface area contributed by atoms with E-state index in [4.69, 9.17) is 9.15 Å². The lowest BCUT2D eigenvalue weighted by Gasteiger charge is -2.02. The van der Waals surface area contributed by atoms with Crippen LogP contribution in [0.15, 0.2) is 82.5 Å². The van der Waals surface area contributed by atoms with E-state index in [9.17, 15) is 9.59 Å². The number of benzene rings is 2. The number of carbonyl (C=O) groups excluding carboxylic acids is 2. The molecule has 25 heavy (non-hydrogen) atoms. The fraction of sp³-hybridized carbons (Fsp3) is 0. The SMILES string of the molecule is O=C(NN=Cc1ccc(OC(=O)c2ccco2)cc1)c1ccccc1. The molecule has 0 fully saturated rings. The number of esters is 1. The van der Waals surface area contributed by atoms with Crippen molar-refractivity contribution in [3.63, 3.8) is 0 Å². The quantitative estimate of drug-likeness (QED) is 0.336. The maximum absolute atomic E-state index is 11.8. The molecule has 0 saturated carbocycles. The second-order valence-corrected chi connectivity index (χ2v) is 5.00. The summed E-state index contributed by atoms with van der Waals surface area (Å²) in [4.78, 5) is 23.6. The number of carbonyl (C=O) groups is 2. The highest BCUT2D eigenvalue weighted by molar-refractivity contribution is 5.94. The Morgan fingerprint density at radius 1 is 0.960 bits per heavy atom. The third-order valence-corrected chi connectivity index (χ3v) is 3.23. The summed E-state index contributed by atoms with van der Waals surface area (Å²) in [5.41, 5.74) is 3.71. The lowest BCUT2D eigenvalue weighted by molar-refractivity contribution is 0.0701. The summed E-state index contributed by atoms with van der Waals surface area (Å²) in [5.74, 6) is -0.344. The zero-order valence-corrected chi connectivity index (χ0v) is 13.1. The van der Waals surface area contributed by atoms with E-state index in [1.165, 1.54) is 18.5 Å². The fourth-order valence-corrected chi connectivity index (χ4v) is 1.99. The number of hydrogen-bond acceptors (Lipinski definition) is 5. The summed E-state index contributed by atoms with van der Waals surface area (Å²) in [6, 6.07) is 18.6. The van der Waals surface area contributed by atoms with Gasteiger partial charge >= 0.3 is 5.97 Å². The summed E-state index contributed by atoms with van der Waals surface area (Å²) in [7, 11) is 0. The molecule has 0 radical (unpaired) electrons. The van der Waals surface area contributed by atoms with Crippen molar-refractivity contribution in [1.82, 2.24) is 5.43 Å². The van der Waals surface area contributed by atoms with Gasteiger partial charge in [-0.3, -0.25) is 4.79 Å². The van der Waals surface area contributed by atoms with E-state index in [0.717, 1.165) is 5.56 Å². The molecule has 1 heterocycles. The molecule has 3 rings (SSSR count). The Kier molecular flexibility index (Phi) is 5.01. The molecule has 0 spiro atoms. The lowest BCUT2D eigenvalue weighted by atomic mass is 10.2.